The zero-order chi connectivity index (χ0) is 14.6. The molecule has 0 aromatic heterocycles. The van der Waals surface area contributed by atoms with Gasteiger partial charge in [-0.15, -0.1) is 0 Å². The summed E-state index contributed by atoms with van der Waals surface area (Å²) < 4.78 is 39.8. The van der Waals surface area contributed by atoms with E-state index in [0.717, 1.165) is 31.4 Å². The fraction of sp³-hybridized carbons (Fsp3) is 0.500. The van der Waals surface area contributed by atoms with E-state index >= 15 is 0 Å². The van der Waals surface area contributed by atoms with Crippen LogP contribution in [0.25, 0.3) is 0 Å². The first-order chi connectivity index (χ1) is 9.53. The predicted octanol–water partition coefficient (Wildman–Crippen LogP) is 2.56. The molecule has 0 amide bonds. The van der Waals surface area contributed by atoms with Crippen molar-refractivity contribution in [1.82, 2.24) is 4.72 Å². The van der Waals surface area contributed by atoms with Crippen molar-refractivity contribution >= 4 is 10.0 Å². The van der Waals surface area contributed by atoms with Crippen molar-refractivity contribution < 1.29 is 12.8 Å². The second-order valence-corrected chi connectivity index (χ2v) is 6.86. The monoisotopic (exact) mass is 296 g/mol. The molecule has 0 spiro atoms. The van der Waals surface area contributed by atoms with Crippen LogP contribution < -0.4 is 4.72 Å². The third-order valence-electron chi connectivity index (χ3n) is 3.69. The molecule has 0 atom stereocenters. The molecule has 0 radical (unpaired) electrons. The number of rotatable bonds is 5. The average Bonchev–Trinajstić information content (AvgIpc) is 2.92. The Labute approximate surface area is 118 Å². The first-order valence-corrected chi connectivity index (χ1v) is 8.20. The van der Waals surface area contributed by atoms with Gasteiger partial charge in [0.2, 0.25) is 10.0 Å². The van der Waals surface area contributed by atoms with Gasteiger partial charge in [0, 0.05) is 6.54 Å². The summed E-state index contributed by atoms with van der Waals surface area (Å²) >= 11 is 0. The zero-order valence-electron chi connectivity index (χ0n) is 11.1. The van der Waals surface area contributed by atoms with E-state index in [9.17, 15) is 12.8 Å². The van der Waals surface area contributed by atoms with Gasteiger partial charge in [0.05, 0.1) is 10.5 Å². The number of nitrogens with zero attached hydrogens (tertiary/aromatic N) is 1. The lowest BCUT2D eigenvalue weighted by Crippen LogP contribution is -2.26. The van der Waals surface area contributed by atoms with Crippen LogP contribution in [0.3, 0.4) is 0 Å². The molecule has 0 bridgehead atoms. The minimum Gasteiger partial charge on any atom is -0.211 e. The molecule has 0 aliphatic heterocycles. The molecule has 1 aliphatic rings. The Balaban J connectivity index is 2.00. The second kappa shape index (κ2) is 6.33. The van der Waals surface area contributed by atoms with E-state index in [4.69, 9.17) is 5.26 Å². The van der Waals surface area contributed by atoms with E-state index in [0.29, 0.717) is 12.5 Å². The SMILES string of the molecule is N#Cc1cc(S(=O)(=O)NCCC2CCCC2)ccc1F. The fourth-order valence-electron chi connectivity index (χ4n) is 2.54. The van der Waals surface area contributed by atoms with Crippen LogP contribution in [0.4, 0.5) is 4.39 Å². The molecule has 1 aromatic carbocycles. The van der Waals surface area contributed by atoms with Gasteiger partial charge in [0.25, 0.3) is 0 Å². The number of benzene rings is 1. The van der Waals surface area contributed by atoms with Gasteiger partial charge in [-0.1, -0.05) is 25.7 Å². The van der Waals surface area contributed by atoms with Crippen molar-refractivity contribution in [3.63, 3.8) is 0 Å². The molecular weight excluding hydrogens is 279 g/mol. The summed E-state index contributed by atoms with van der Waals surface area (Å²) in [6, 6.07) is 4.88. The van der Waals surface area contributed by atoms with Crippen molar-refractivity contribution in [1.29, 1.82) is 5.26 Å². The maximum atomic E-state index is 13.2. The minimum absolute atomic E-state index is 0.0677. The van der Waals surface area contributed by atoms with Crippen LogP contribution in [0.15, 0.2) is 23.1 Å². The Morgan fingerprint density at radius 1 is 1.35 bits per heavy atom. The number of hydrogen-bond donors (Lipinski definition) is 1. The Morgan fingerprint density at radius 2 is 2.05 bits per heavy atom. The summed E-state index contributed by atoms with van der Waals surface area (Å²) in [5.41, 5.74) is -0.260. The molecule has 0 saturated heterocycles. The van der Waals surface area contributed by atoms with E-state index in [2.05, 4.69) is 4.72 Å². The van der Waals surface area contributed by atoms with Crippen LogP contribution >= 0.6 is 0 Å². The molecule has 1 saturated carbocycles. The highest BCUT2D eigenvalue weighted by Crippen LogP contribution is 2.27. The molecule has 20 heavy (non-hydrogen) atoms. The minimum atomic E-state index is -3.67. The van der Waals surface area contributed by atoms with Crippen LogP contribution in [-0.4, -0.2) is 15.0 Å². The molecule has 1 N–H and O–H groups in total. The molecule has 0 heterocycles. The molecular formula is C14H17FN2O2S. The van der Waals surface area contributed by atoms with Crippen LogP contribution in [-0.2, 0) is 10.0 Å². The van der Waals surface area contributed by atoms with E-state index in [1.807, 2.05) is 0 Å². The molecule has 4 nitrogen and oxygen atoms in total. The molecule has 2 rings (SSSR count). The van der Waals surface area contributed by atoms with Crippen LogP contribution in [0, 0.1) is 23.1 Å². The lowest BCUT2D eigenvalue weighted by Gasteiger charge is -2.10. The topological polar surface area (TPSA) is 70.0 Å². The highest BCUT2D eigenvalue weighted by molar-refractivity contribution is 7.89. The van der Waals surface area contributed by atoms with Crippen LogP contribution in [0.2, 0.25) is 0 Å². The first-order valence-electron chi connectivity index (χ1n) is 6.72. The third-order valence-corrected chi connectivity index (χ3v) is 5.15. The van der Waals surface area contributed by atoms with Crippen molar-refractivity contribution in [3.8, 4) is 6.07 Å². The van der Waals surface area contributed by atoms with Gasteiger partial charge in [-0.2, -0.15) is 5.26 Å². The van der Waals surface area contributed by atoms with Gasteiger partial charge in [0.15, 0.2) is 0 Å². The Morgan fingerprint density at radius 3 is 2.70 bits per heavy atom. The van der Waals surface area contributed by atoms with Gasteiger partial charge in [-0.05, 0) is 30.5 Å². The number of nitrogens with one attached hydrogen (secondary N) is 1. The summed E-state index contributed by atoms with van der Waals surface area (Å²) in [7, 11) is -3.67. The van der Waals surface area contributed by atoms with Crippen molar-refractivity contribution in [3.05, 3.63) is 29.6 Å². The Bertz CT molecular complexity index is 617. The molecule has 6 heteroatoms. The highest BCUT2D eigenvalue weighted by atomic mass is 32.2. The lowest BCUT2D eigenvalue weighted by atomic mass is 10.1. The predicted molar refractivity (Wildman–Crippen MR) is 72.9 cm³/mol. The second-order valence-electron chi connectivity index (χ2n) is 5.09. The maximum Gasteiger partial charge on any atom is 0.240 e. The number of hydrogen-bond acceptors (Lipinski definition) is 3. The van der Waals surface area contributed by atoms with Crippen molar-refractivity contribution in [2.75, 3.05) is 6.54 Å². The van der Waals surface area contributed by atoms with Crippen LogP contribution in [0.1, 0.15) is 37.7 Å². The lowest BCUT2D eigenvalue weighted by molar-refractivity contribution is 0.495. The van der Waals surface area contributed by atoms with Gasteiger partial charge in [-0.25, -0.2) is 17.5 Å². The van der Waals surface area contributed by atoms with Gasteiger partial charge in [-0.3, -0.25) is 0 Å². The van der Waals surface area contributed by atoms with Crippen LogP contribution in [0.5, 0.6) is 0 Å². The fourth-order valence-corrected chi connectivity index (χ4v) is 3.61. The van der Waals surface area contributed by atoms with E-state index in [-0.39, 0.29) is 10.5 Å². The molecule has 1 aliphatic carbocycles. The summed E-state index contributed by atoms with van der Waals surface area (Å²) in [5.74, 6) is -0.113. The highest BCUT2D eigenvalue weighted by Gasteiger charge is 2.18. The van der Waals surface area contributed by atoms with Gasteiger partial charge >= 0.3 is 0 Å². The van der Waals surface area contributed by atoms with E-state index in [1.54, 1.807) is 6.07 Å². The normalized spacial score (nSPS) is 16.2. The number of nitriles is 1. The number of sulfonamides is 1. The largest absolute Gasteiger partial charge is 0.240 e. The quantitative estimate of drug-likeness (QED) is 0.907. The summed E-state index contributed by atoms with van der Waals surface area (Å²) in [5, 5.41) is 8.72. The van der Waals surface area contributed by atoms with E-state index in [1.165, 1.54) is 18.9 Å². The molecule has 0 unspecified atom stereocenters. The average molecular weight is 296 g/mol. The van der Waals surface area contributed by atoms with Crippen molar-refractivity contribution in [2.24, 2.45) is 5.92 Å². The molecule has 1 aromatic rings. The van der Waals surface area contributed by atoms with Gasteiger partial charge < -0.3 is 0 Å². The number of halogens is 1. The Kier molecular flexibility index (Phi) is 4.73. The van der Waals surface area contributed by atoms with Crippen molar-refractivity contribution in [2.45, 2.75) is 37.0 Å². The zero-order valence-corrected chi connectivity index (χ0v) is 11.9. The molecule has 1 fully saturated rings. The maximum absolute atomic E-state index is 13.2. The Hall–Kier alpha value is -1.45. The summed E-state index contributed by atoms with van der Waals surface area (Å²) in [4.78, 5) is -0.0677. The smallest absolute Gasteiger partial charge is 0.211 e. The summed E-state index contributed by atoms with van der Waals surface area (Å²) in [6.07, 6.45) is 5.60. The molecule has 108 valence electrons. The first kappa shape index (κ1) is 14.9. The van der Waals surface area contributed by atoms with Gasteiger partial charge in [0.1, 0.15) is 11.9 Å². The summed E-state index contributed by atoms with van der Waals surface area (Å²) in [6.45, 7) is 0.381. The standard InChI is InChI=1S/C14H17FN2O2S/c15-14-6-5-13(9-12(14)10-16)20(18,19)17-8-7-11-3-1-2-4-11/h5-6,9,11,17H,1-4,7-8H2. The van der Waals surface area contributed by atoms with E-state index < -0.39 is 15.8 Å². The third kappa shape index (κ3) is 3.56.